The van der Waals surface area contributed by atoms with Crippen molar-refractivity contribution < 1.29 is 0 Å². The first-order valence-corrected chi connectivity index (χ1v) is 6.52. The molecule has 0 bridgehead atoms. The van der Waals surface area contributed by atoms with Crippen LogP contribution in [0.1, 0.15) is 44.0 Å². The van der Waals surface area contributed by atoms with Gasteiger partial charge in [-0.15, -0.1) is 0 Å². The van der Waals surface area contributed by atoms with Crippen molar-refractivity contribution in [3.63, 3.8) is 0 Å². The first-order valence-electron chi connectivity index (χ1n) is 6.52. The predicted molar refractivity (Wildman–Crippen MR) is 72.5 cm³/mol. The minimum Gasteiger partial charge on any atom is -0.370 e. The molecule has 0 unspecified atom stereocenters. The summed E-state index contributed by atoms with van der Waals surface area (Å²) < 4.78 is 0. The maximum absolute atomic E-state index is 5.72. The van der Waals surface area contributed by atoms with Gasteiger partial charge in [0.2, 0.25) is 0 Å². The molecule has 0 aromatic carbocycles. The first kappa shape index (κ1) is 12.8. The van der Waals surface area contributed by atoms with E-state index in [2.05, 4.69) is 20.3 Å². The van der Waals surface area contributed by atoms with Gasteiger partial charge in [0.25, 0.3) is 0 Å². The molecule has 1 aliphatic rings. The molecule has 5 heteroatoms. The van der Waals surface area contributed by atoms with Crippen molar-refractivity contribution in [2.75, 3.05) is 6.54 Å². The van der Waals surface area contributed by atoms with Crippen LogP contribution < -0.4 is 11.1 Å². The first-order chi connectivity index (χ1) is 8.65. The Morgan fingerprint density at radius 2 is 2.11 bits per heavy atom. The molecular formula is C13H21N5. The minimum absolute atomic E-state index is 0.315. The van der Waals surface area contributed by atoms with Crippen molar-refractivity contribution in [2.24, 2.45) is 10.7 Å². The van der Waals surface area contributed by atoms with Gasteiger partial charge in [0, 0.05) is 30.9 Å². The molecule has 1 aromatic rings. The number of guanidine groups is 1. The summed E-state index contributed by atoms with van der Waals surface area (Å²) in [5.41, 5.74) is 6.83. The summed E-state index contributed by atoms with van der Waals surface area (Å²) >= 11 is 0. The lowest BCUT2D eigenvalue weighted by Crippen LogP contribution is -2.36. The van der Waals surface area contributed by atoms with Crippen molar-refractivity contribution in [1.82, 2.24) is 15.3 Å². The zero-order valence-corrected chi connectivity index (χ0v) is 11.1. The molecule has 98 valence electrons. The van der Waals surface area contributed by atoms with Gasteiger partial charge in [0.1, 0.15) is 5.82 Å². The highest BCUT2D eigenvalue weighted by Gasteiger charge is 2.25. The lowest BCUT2D eigenvalue weighted by Gasteiger charge is -2.08. The molecule has 1 fully saturated rings. The summed E-state index contributed by atoms with van der Waals surface area (Å²) in [6.45, 7) is 4.73. The van der Waals surface area contributed by atoms with Crippen molar-refractivity contribution in [1.29, 1.82) is 0 Å². The molecule has 0 radical (unpaired) electrons. The number of hydrogen-bond acceptors (Lipinski definition) is 3. The normalized spacial score (nSPS) is 16.1. The number of aromatic nitrogens is 2. The second kappa shape index (κ2) is 5.80. The van der Waals surface area contributed by atoms with E-state index < -0.39 is 0 Å². The van der Waals surface area contributed by atoms with Crippen LogP contribution in [-0.2, 0) is 6.42 Å². The third-order valence-corrected chi connectivity index (χ3v) is 2.79. The SMILES string of the molecule is CC(C)NC(N)=NCCc1cnc(C2CC2)nc1. The van der Waals surface area contributed by atoms with Crippen LogP contribution in [0.2, 0.25) is 0 Å². The quantitative estimate of drug-likeness (QED) is 0.605. The Labute approximate surface area is 108 Å². The van der Waals surface area contributed by atoms with Crippen molar-refractivity contribution in [3.05, 3.63) is 23.8 Å². The molecule has 0 amide bonds. The Morgan fingerprint density at radius 3 is 2.67 bits per heavy atom. The van der Waals surface area contributed by atoms with Crippen LogP contribution in [-0.4, -0.2) is 28.5 Å². The summed E-state index contributed by atoms with van der Waals surface area (Å²) in [7, 11) is 0. The smallest absolute Gasteiger partial charge is 0.188 e. The Hall–Kier alpha value is -1.65. The fraction of sp³-hybridized carbons (Fsp3) is 0.615. The van der Waals surface area contributed by atoms with Gasteiger partial charge in [0.05, 0.1) is 0 Å². The van der Waals surface area contributed by atoms with Gasteiger partial charge in [-0.25, -0.2) is 9.97 Å². The van der Waals surface area contributed by atoms with Gasteiger partial charge in [-0.2, -0.15) is 0 Å². The fourth-order valence-corrected chi connectivity index (χ4v) is 1.69. The molecule has 1 aromatic heterocycles. The summed E-state index contributed by atoms with van der Waals surface area (Å²) in [5, 5.41) is 3.06. The maximum Gasteiger partial charge on any atom is 0.188 e. The lowest BCUT2D eigenvalue weighted by atomic mass is 10.2. The summed E-state index contributed by atoms with van der Waals surface area (Å²) in [4.78, 5) is 13.0. The minimum atomic E-state index is 0.315. The predicted octanol–water partition coefficient (Wildman–Crippen LogP) is 1.21. The van der Waals surface area contributed by atoms with Crippen LogP contribution in [0, 0.1) is 0 Å². The van der Waals surface area contributed by atoms with E-state index in [0.29, 0.717) is 24.5 Å². The average Bonchev–Trinajstić information content (AvgIpc) is 3.13. The molecule has 1 saturated carbocycles. The summed E-state index contributed by atoms with van der Waals surface area (Å²) in [5.74, 6) is 2.10. The van der Waals surface area contributed by atoms with Gasteiger partial charge in [0.15, 0.2) is 5.96 Å². The summed E-state index contributed by atoms with van der Waals surface area (Å²) in [6.07, 6.45) is 7.11. The Kier molecular flexibility index (Phi) is 4.12. The molecule has 0 spiro atoms. The largest absolute Gasteiger partial charge is 0.370 e. The van der Waals surface area contributed by atoms with E-state index in [1.807, 2.05) is 26.2 Å². The highest BCUT2D eigenvalue weighted by atomic mass is 15.1. The van der Waals surface area contributed by atoms with Gasteiger partial charge in [-0.3, -0.25) is 4.99 Å². The van der Waals surface area contributed by atoms with Gasteiger partial charge < -0.3 is 11.1 Å². The Bertz CT molecular complexity index is 406. The molecule has 18 heavy (non-hydrogen) atoms. The molecule has 0 atom stereocenters. The highest BCUT2D eigenvalue weighted by Crippen LogP contribution is 2.37. The summed E-state index contributed by atoms with van der Waals surface area (Å²) in [6, 6.07) is 0.315. The second-order valence-electron chi connectivity index (χ2n) is 5.04. The van der Waals surface area contributed by atoms with E-state index in [4.69, 9.17) is 5.73 Å². The standard InChI is InChI=1S/C13H21N5/c1-9(2)18-13(14)15-6-5-10-7-16-12(17-8-10)11-3-4-11/h7-9,11H,3-6H2,1-2H3,(H3,14,15,18). The van der Waals surface area contributed by atoms with Gasteiger partial charge in [-0.1, -0.05) is 0 Å². The highest BCUT2D eigenvalue weighted by molar-refractivity contribution is 5.78. The molecule has 0 aliphatic heterocycles. The van der Waals surface area contributed by atoms with Crippen LogP contribution in [0.25, 0.3) is 0 Å². The van der Waals surface area contributed by atoms with Crippen LogP contribution in [0.5, 0.6) is 0 Å². The van der Waals surface area contributed by atoms with Gasteiger partial charge >= 0.3 is 0 Å². The number of hydrogen-bond donors (Lipinski definition) is 2. The number of aliphatic imine (C=N–C) groups is 1. The van der Waals surface area contributed by atoms with Gasteiger partial charge in [-0.05, 0) is 38.7 Å². The lowest BCUT2D eigenvalue weighted by molar-refractivity contribution is 0.723. The number of nitrogens with zero attached hydrogens (tertiary/aromatic N) is 3. The molecule has 3 N–H and O–H groups in total. The maximum atomic E-state index is 5.72. The number of nitrogens with one attached hydrogen (secondary N) is 1. The Morgan fingerprint density at radius 1 is 1.44 bits per heavy atom. The number of rotatable bonds is 5. The Balaban J connectivity index is 1.79. The third-order valence-electron chi connectivity index (χ3n) is 2.79. The fourth-order valence-electron chi connectivity index (χ4n) is 1.69. The van der Waals surface area contributed by atoms with E-state index in [-0.39, 0.29) is 0 Å². The van der Waals surface area contributed by atoms with E-state index in [9.17, 15) is 0 Å². The van der Waals surface area contributed by atoms with Crippen LogP contribution >= 0.6 is 0 Å². The topological polar surface area (TPSA) is 76.2 Å². The molecule has 5 nitrogen and oxygen atoms in total. The van der Waals surface area contributed by atoms with Crippen molar-refractivity contribution in [3.8, 4) is 0 Å². The van der Waals surface area contributed by atoms with Crippen LogP contribution in [0.3, 0.4) is 0 Å². The molecule has 1 aliphatic carbocycles. The molecule has 2 rings (SSSR count). The zero-order valence-electron chi connectivity index (χ0n) is 11.1. The van der Waals surface area contributed by atoms with E-state index in [0.717, 1.165) is 17.8 Å². The molecule has 0 saturated heterocycles. The van der Waals surface area contributed by atoms with E-state index >= 15 is 0 Å². The van der Waals surface area contributed by atoms with Crippen LogP contribution in [0.15, 0.2) is 17.4 Å². The second-order valence-corrected chi connectivity index (χ2v) is 5.04. The zero-order chi connectivity index (χ0) is 13.0. The molecular weight excluding hydrogens is 226 g/mol. The number of nitrogens with two attached hydrogens (primary N) is 1. The average molecular weight is 247 g/mol. The van der Waals surface area contributed by atoms with E-state index in [1.54, 1.807) is 0 Å². The van der Waals surface area contributed by atoms with E-state index in [1.165, 1.54) is 12.8 Å². The van der Waals surface area contributed by atoms with Crippen molar-refractivity contribution >= 4 is 5.96 Å². The molecule has 1 heterocycles. The van der Waals surface area contributed by atoms with Crippen LogP contribution in [0.4, 0.5) is 0 Å². The van der Waals surface area contributed by atoms with Crippen molar-refractivity contribution in [2.45, 2.75) is 45.1 Å². The monoisotopic (exact) mass is 247 g/mol. The third kappa shape index (κ3) is 3.98.